The molecule has 0 saturated heterocycles. The SMILES string of the molecule is CC(C)[C@H](CO)Nc1nc(NCc2c(N)cccc2Cl)c2[nH]nnc2n1. The Bertz CT molecular complexity index is 877. The maximum atomic E-state index is 9.52. The molecule has 0 amide bonds. The van der Waals surface area contributed by atoms with Gasteiger partial charge in [-0.25, -0.2) is 0 Å². The Kier molecular flexibility index (Phi) is 5.38. The topological polar surface area (TPSA) is 138 Å². The smallest absolute Gasteiger partial charge is 0.227 e. The van der Waals surface area contributed by atoms with Crippen LogP contribution < -0.4 is 16.4 Å². The van der Waals surface area contributed by atoms with Crippen molar-refractivity contribution in [1.82, 2.24) is 25.4 Å². The minimum absolute atomic E-state index is 0.0310. The Morgan fingerprint density at radius 1 is 1.31 bits per heavy atom. The van der Waals surface area contributed by atoms with Crippen molar-refractivity contribution in [2.45, 2.75) is 26.4 Å². The van der Waals surface area contributed by atoms with Gasteiger partial charge in [0.1, 0.15) is 5.52 Å². The summed E-state index contributed by atoms with van der Waals surface area (Å²) < 4.78 is 0. The molecule has 0 spiro atoms. The van der Waals surface area contributed by atoms with Crippen molar-refractivity contribution in [1.29, 1.82) is 0 Å². The number of aliphatic hydroxyl groups is 1. The molecule has 2 heterocycles. The number of fused-ring (bicyclic) bond motifs is 1. The van der Waals surface area contributed by atoms with E-state index in [0.717, 1.165) is 5.56 Å². The van der Waals surface area contributed by atoms with Crippen molar-refractivity contribution in [3.63, 3.8) is 0 Å². The number of hydrogen-bond donors (Lipinski definition) is 5. The first-order chi connectivity index (χ1) is 12.5. The standard InChI is InChI=1S/C16H21ClN8O/c1-8(2)12(7-26)20-16-21-14(13-15(22-16)24-25-23-13)19-6-9-10(17)4-3-5-11(9)18/h3-5,8,12,26H,6-7,18H2,1-2H3,(H3,19,20,21,22,23,24,25)/t12-/m0/s1. The molecule has 0 aliphatic heterocycles. The third-order valence-electron chi connectivity index (χ3n) is 4.10. The fourth-order valence-corrected chi connectivity index (χ4v) is 2.71. The molecule has 6 N–H and O–H groups in total. The molecule has 3 aromatic rings. The van der Waals surface area contributed by atoms with Crippen molar-refractivity contribution in [3.05, 3.63) is 28.8 Å². The second kappa shape index (κ2) is 7.71. The molecule has 0 bridgehead atoms. The Balaban J connectivity index is 1.88. The first kappa shape index (κ1) is 18.2. The molecule has 9 nitrogen and oxygen atoms in total. The second-order valence-electron chi connectivity index (χ2n) is 6.24. The number of rotatable bonds is 7. The van der Waals surface area contributed by atoms with Crippen LogP contribution in [0.15, 0.2) is 18.2 Å². The van der Waals surface area contributed by atoms with Gasteiger partial charge in [0, 0.05) is 22.8 Å². The van der Waals surface area contributed by atoms with Crippen LogP contribution in [-0.2, 0) is 6.54 Å². The third kappa shape index (κ3) is 3.78. The van der Waals surface area contributed by atoms with Gasteiger partial charge in [0.2, 0.25) is 11.6 Å². The zero-order valence-electron chi connectivity index (χ0n) is 14.5. The molecule has 0 fully saturated rings. The zero-order chi connectivity index (χ0) is 18.7. The van der Waals surface area contributed by atoms with E-state index >= 15 is 0 Å². The molecule has 0 unspecified atom stereocenters. The molecule has 3 rings (SSSR count). The molecule has 1 atom stereocenters. The van der Waals surface area contributed by atoms with E-state index in [0.29, 0.717) is 40.2 Å². The summed E-state index contributed by atoms with van der Waals surface area (Å²) in [4.78, 5) is 8.81. The number of halogens is 1. The number of nitrogens with two attached hydrogens (primary N) is 1. The number of aromatic amines is 1. The molecule has 0 saturated carbocycles. The van der Waals surface area contributed by atoms with Gasteiger partial charge in [-0.2, -0.15) is 9.97 Å². The van der Waals surface area contributed by atoms with E-state index < -0.39 is 0 Å². The summed E-state index contributed by atoms with van der Waals surface area (Å²) in [6.45, 7) is 4.35. The molecular weight excluding hydrogens is 356 g/mol. The molecule has 0 aliphatic carbocycles. The lowest BCUT2D eigenvalue weighted by molar-refractivity contribution is 0.248. The van der Waals surface area contributed by atoms with E-state index in [9.17, 15) is 5.11 Å². The lowest BCUT2D eigenvalue weighted by Gasteiger charge is -2.20. The highest BCUT2D eigenvalue weighted by molar-refractivity contribution is 6.31. The van der Waals surface area contributed by atoms with Crippen LogP contribution >= 0.6 is 11.6 Å². The van der Waals surface area contributed by atoms with Gasteiger partial charge in [-0.1, -0.05) is 36.7 Å². The summed E-state index contributed by atoms with van der Waals surface area (Å²) in [6, 6.07) is 5.19. The van der Waals surface area contributed by atoms with E-state index in [1.165, 1.54) is 0 Å². The molecule has 0 radical (unpaired) electrons. The van der Waals surface area contributed by atoms with E-state index in [2.05, 4.69) is 36.0 Å². The summed E-state index contributed by atoms with van der Waals surface area (Å²) >= 11 is 6.22. The summed E-state index contributed by atoms with van der Waals surface area (Å²) in [7, 11) is 0. The number of hydrogen-bond acceptors (Lipinski definition) is 8. The molecule has 2 aromatic heterocycles. The maximum Gasteiger partial charge on any atom is 0.227 e. The predicted octanol–water partition coefficient (Wildman–Crippen LogP) is 2.02. The average molecular weight is 377 g/mol. The van der Waals surface area contributed by atoms with Gasteiger partial charge in [-0.15, -0.1) is 5.10 Å². The van der Waals surface area contributed by atoms with E-state index in [1.807, 2.05) is 13.8 Å². The van der Waals surface area contributed by atoms with Crippen molar-refractivity contribution in [2.75, 3.05) is 23.0 Å². The molecule has 26 heavy (non-hydrogen) atoms. The van der Waals surface area contributed by atoms with Gasteiger partial charge in [0.25, 0.3) is 0 Å². The van der Waals surface area contributed by atoms with Crippen LogP contribution in [0, 0.1) is 5.92 Å². The number of benzene rings is 1. The molecule has 10 heteroatoms. The van der Waals surface area contributed by atoms with Crippen LogP contribution in [0.4, 0.5) is 17.5 Å². The Morgan fingerprint density at radius 3 is 2.81 bits per heavy atom. The Labute approximate surface area is 155 Å². The van der Waals surface area contributed by atoms with Crippen molar-refractivity contribution < 1.29 is 5.11 Å². The quantitative estimate of drug-likeness (QED) is 0.395. The van der Waals surface area contributed by atoms with E-state index in [-0.39, 0.29) is 18.6 Å². The molecule has 138 valence electrons. The minimum atomic E-state index is -0.175. The van der Waals surface area contributed by atoms with Crippen molar-refractivity contribution in [3.8, 4) is 0 Å². The number of aromatic nitrogens is 5. The van der Waals surface area contributed by atoms with E-state index in [4.69, 9.17) is 17.3 Å². The fraction of sp³-hybridized carbons (Fsp3) is 0.375. The van der Waals surface area contributed by atoms with Gasteiger partial charge in [-0.05, 0) is 18.1 Å². The average Bonchev–Trinajstić information content (AvgIpc) is 3.07. The summed E-state index contributed by atoms with van der Waals surface area (Å²) in [5, 5.41) is 26.9. The highest BCUT2D eigenvalue weighted by atomic mass is 35.5. The van der Waals surface area contributed by atoms with Crippen LogP contribution in [0.5, 0.6) is 0 Å². The lowest BCUT2D eigenvalue weighted by Crippen LogP contribution is -2.30. The van der Waals surface area contributed by atoms with Crippen LogP contribution in [0.25, 0.3) is 11.2 Å². The lowest BCUT2D eigenvalue weighted by atomic mass is 10.1. The van der Waals surface area contributed by atoms with Crippen LogP contribution in [0.2, 0.25) is 5.02 Å². The summed E-state index contributed by atoms with van der Waals surface area (Å²) in [5.74, 6) is 1.08. The molecule has 1 aromatic carbocycles. The first-order valence-electron chi connectivity index (χ1n) is 8.22. The fourth-order valence-electron chi connectivity index (χ4n) is 2.46. The van der Waals surface area contributed by atoms with Crippen molar-refractivity contribution in [2.24, 2.45) is 5.92 Å². The van der Waals surface area contributed by atoms with Crippen molar-refractivity contribution >= 4 is 40.2 Å². The molecular formula is C16H21ClN8O. The summed E-state index contributed by atoms with van der Waals surface area (Å²) in [5.41, 5.74) is 8.36. The monoisotopic (exact) mass is 376 g/mol. The Hall–Kier alpha value is -2.65. The van der Waals surface area contributed by atoms with Gasteiger partial charge in [0.05, 0.1) is 12.6 Å². The zero-order valence-corrected chi connectivity index (χ0v) is 15.2. The summed E-state index contributed by atoms with van der Waals surface area (Å²) in [6.07, 6.45) is 0. The van der Waals surface area contributed by atoms with Gasteiger partial charge < -0.3 is 21.5 Å². The number of aliphatic hydroxyl groups excluding tert-OH is 1. The first-order valence-corrected chi connectivity index (χ1v) is 8.60. The number of anilines is 3. The highest BCUT2D eigenvalue weighted by Gasteiger charge is 2.17. The van der Waals surface area contributed by atoms with Crippen LogP contribution in [0.3, 0.4) is 0 Å². The van der Waals surface area contributed by atoms with E-state index in [1.54, 1.807) is 18.2 Å². The van der Waals surface area contributed by atoms with Gasteiger partial charge >= 0.3 is 0 Å². The van der Waals surface area contributed by atoms with Gasteiger partial charge in [0.15, 0.2) is 5.82 Å². The number of nitrogens with zero attached hydrogens (tertiary/aromatic N) is 4. The molecule has 0 aliphatic rings. The number of H-pyrrole nitrogens is 1. The normalized spacial score (nSPS) is 12.5. The minimum Gasteiger partial charge on any atom is -0.398 e. The highest BCUT2D eigenvalue weighted by Crippen LogP contribution is 2.25. The maximum absolute atomic E-state index is 9.52. The van der Waals surface area contributed by atoms with Crippen LogP contribution in [-0.4, -0.2) is 43.1 Å². The van der Waals surface area contributed by atoms with Gasteiger partial charge in [-0.3, -0.25) is 5.10 Å². The number of nitrogens with one attached hydrogen (secondary N) is 3. The third-order valence-corrected chi connectivity index (χ3v) is 4.45. The predicted molar refractivity (Wildman–Crippen MR) is 102 cm³/mol. The Morgan fingerprint density at radius 2 is 2.12 bits per heavy atom. The number of nitrogen functional groups attached to an aromatic ring is 1. The van der Waals surface area contributed by atoms with Crippen LogP contribution in [0.1, 0.15) is 19.4 Å². The largest absolute Gasteiger partial charge is 0.398 e. The second-order valence-corrected chi connectivity index (χ2v) is 6.65.